The molecule has 0 saturated carbocycles. The van der Waals surface area contributed by atoms with Gasteiger partial charge in [0.25, 0.3) is 0 Å². The third-order valence-electron chi connectivity index (χ3n) is 3.28. The van der Waals surface area contributed by atoms with Crippen molar-refractivity contribution in [2.75, 3.05) is 6.26 Å². The first kappa shape index (κ1) is 12.9. The van der Waals surface area contributed by atoms with E-state index in [4.69, 9.17) is 0 Å². The molecule has 0 saturated heterocycles. The van der Waals surface area contributed by atoms with Gasteiger partial charge in [0.05, 0.1) is 0 Å². The molecule has 0 bridgehead atoms. The van der Waals surface area contributed by atoms with Gasteiger partial charge in [-0.2, -0.15) is 0 Å². The Morgan fingerprint density at radius 2 is 1.85 bits per heavy atom. The first-order chi connectivity index (χ1) is 9.79. The second-order valence-electron chi connectivity index (χ2n) is 4.46. The van der Waals surface area contributed by atoms with Gasteiger partial charge in [0.2, 0.25) is 0 Å². The molecule has 20 heavy (non-hydrogen) atoms. The summed E-state index contributed by atoms with van der Waals surface area (Å²) in [5, 5.41) is 1.93. The summed E-state index contributed by atoms with van der Waals surface area (Å²) in [4.78, 5) is 17.9. The standard InChI is InChI=1S/C17H13NOS/c1-20-14-7-5-13(6-8-14)17(19)15-4-2-3-12-9-10-18-11-16(12)15/h2-11H,1H3. The number of carbonyl (C=O) groups is 1. The minimum absolute atomic E-state index is 0.0382. The Morgan fingerprint density at radius 1 is 1.05 bits per heavy atom. The fourth-order valence-corrected chi connectivity index (χ4v) is 2.62. The van der Waals surface area contributed by atoms with Crippen LogP contribution in [-0.2, 0) is 0 Å². The fourth-order valence-electron chi connectivity index (χ4n) is 2.21. The Hall–Kier alpha value is -2.13. The van der Waals surface area contributed by atoms with E-state index in [-0.39, 0.29) is 5.78 Å². The van der Waals surface area contributed by atoms with E-state index >= 15 is 0 Å². The molecular formula is C17H13NOS. The zero-order chi connectivity index (χ0) is 13.9. The van der Waals surface area contributed by atoms with Crippen LogP contribution in [0.15, 0.2) is 65.8 Å². The summed E-state index contributed by atoms with van der Waals surface area (Å²) in [5.74, 6) is 0.0382. The molecule has 3 heteroatoms. The number of benzene rings is 2. The first-order valence-corrected chi connectivity index (χ1v) is 7.53. The predicted molar refractivity (Wildman–Crippen MR) is 83.4 cm³/mol. The lowest BCUT2D eigenvalue weighted by atomic mass is 9.98. The highest BCUT2D eigenvalue weighted by atomic mass is 32.2. The Morgan fingerprint density at radius 3 is 2.60 bits per heavy atom. The number of hydrogen-bond acceptors (Lipinski definition) is 3. The maximum absolute atomic E-state index is 12.6. The van der Waals surface area contributed by atoms with Gasteiger partial charge in [-0.05, 0) is 42.0 Å². The summed E-state index contributed by atoms with van der Waals surface area (Å²) in [6.07, 6.45) is 5.51. The molecule has 2 aromatic carbocycles. The Labute approximate surface area is 121 Å². The molecule has 0 aliphatic carbocycles. The monoisotopic (exact) mass is 279 g/mol. The van der Waals surface area contributed by atoms with E-state index in [0.717, 1.165) is 15.7 Å². The van der Waals surface area contributed by atoms with Crippen molar-refractivity contribution >= 4 is 28.3 Å². The number of aromatic nitrogens is 1. The second-order valence-corrected chi connectivity index (χ2v) is 5.34. The molecule has 0 spiro atoms. The van der Waals surface area contributed by atoms with E-state index < -0.39 is 0 Å². The highest BCUT2D eigenvalue weighted by Gasteiger charge is 2.12. The molecule has 0 aliphatic rings. The number of hydrogen-bond donors (Lipinski definition) is 0. The van der Waals surface area contributed by atoms with Gasteiger partial charge in [0.15, 0.2) is 5.78 Å². The van der Waals surface area contributed by atoms with Crippen LogP contribution in [0.25, 0.3) is 10.8 Å². The van der Waals surface area contributed by atoms with Crippen LogP contribution in [0.5, 0.6) is 0 Å². The zero-order valence-corrected chi connectivity index (χ0v) is 11.9. The van der Waals surface area contributed by atoms with Crippen molar-refractivity contribution in [3.63, 3.8) is 0 Å². The fraction of sp³-hybridized carbons (Fsp3) is 0.0588. The Bertz CT molecular complexity index is 760. The zero-order valence-electron chi connectivity index (χ0n) is 11.0. The van der Waals surface area contributed by atoms with E-state index in [1.54, 1.807) is 24.2 Å². The van der Waals surface area contributed by atoms with Crippen LogP contribution in [0, 0.1) is 0 Å². The first-order valence-electron chi connectivity index (χ1n) is 6.31. The third kappa shape index (κ3) is 2.32. The molecule has 2 nitrogen and oxygen atoms in total. The minimum atomic E-state index is 0.0382. The number of fused-ring (bicyclic) bond motifs is 1. The molecule has 3 rings (SSSR count). The van der Waals surface area contributed by atoms with E-state index in [1.807, 2.05) is 54.8 Å². The molecular weight excluding hydrogens is 266 g/mol. The summed E-state index contributed by atoms with van der Waals surface area (Å²) in [7, 11) is 0. The molecule has 1 aromatic heterocycles. The van der Waals surface area contributed by atoms with Crippen molar-refractivity contribution in [3.05, 3.63) is 72.1 Å². The molecule has 0 atom stereocenters. The minimum Gasteiger partial charge on any atom is -0.289 e. The summed E-state index contributed by atoms with van der Waals surface area (Å²) < 4.78 is 0. The summed E-state index contributed by atoms with van der Waals surface area (Å²) in [5.41, 5.74) is 1.41. The molecule has 1 heterocycles. The van der Waals surface area contributed by atoms with E-state index in [0.29, 0.717) is 11.1 Å². The highest BCUT2D eigenvalue weighted by Crippen LogP contribution is 2.22. The average Bonchev–Trinajstić information content (AvgIpc) is 2.54. The smallest absolute Gasteiger partial charge is 0.193 e. The summed E-state index contributed by atoms with van der Waals surface area (Å²) in [6, 6.07) is 15.4. The lowest BCUT2D eigenvalue weighted by Crippen LogP contribution is -2.02. The number of thioether (sulfide) groups is 1. The van der Waals surface area contributed by atoms with Crippen molar-refractivity contribution in [2.45, 2.75) is 4.90 Å². The maximum atomic E-state index is 12.6. The Kier molecular flexibility index (Phi) is 3.52. The number of carbonyl (C=O) groups excluding carboxylic acids is 1. The van der Waals surface area contributed by atoms with Crippen LogP contribution >= 0.6 is 11.8 Å². The maximum Gasteiger partial charge on any atom is 0.193 e. The van der Waals surface area contributed by atoms with Crippen LogP contribution in [-0.4, -0.2) is 17.0 Å². The van der Waals surface area contributed by atoms with Gasteiger partial charge in [-0.25, -0.2) is 0 Å². The molecule has 98 valence electrons. The van der Waals surface area contributed by atoms with E-state index in [9.17, 15) is 4.79 Å². The lowest BCUT2D eigenvalue weighted by molar-refractivity contribution is 0.104. The van der Waals surface area contributed by atoms with Crippen LogP contribution in [0.3, 0.4) is 0 Å². The highest BCUT2D eigenvalue weighted by molar-refractivity contribution is 7.98. The van der Waals surface area contributed by atoms with Crippen molar-refractivity contribution < 1.29 is 4.79 Å². The van der Waals surface area contributed by atoms with Gasteiger partial charge in [-0.3, -0.25) is 9.78 Å². The van der Waals surface area contributed by atoms with Crippen molar-refractivity contribution in [2.24, 2.45) is 0 Å². The molecule has 0 fully saturated rings. The Balaban J connectivity index is 2.07. The second kappa shape index (κ2) is 5.47. The van der Waals surface area contributed by atoms with Gasteiger partial charge in [0, 0.05) is 33.8 Å². The SMILES string of the molecule is CSc1ccc(C(=O)c2cccc3ccncc23)cc1. The molecule has 0 aliphatic heterocycles. The summed E-state index contributed by atoms with van der Waals surface area (Å²) in [6.45, 7) is 0. The van der Waals surface area contributed by atoms with Gasteiger partial charge in [-0.15, -0.1) is 11.8 Å². The quantitative estimate of drug-likeness (QED) is 0.532. The summed E-state index contributed by atoms with van der Waals surface area (Å²) >= 11 is 1.67. The van der Waals surface area contributed by atoms with Crippen LogP contribution in [0.4, 0.5) is 0 Å². The molecule has 0 N–H and O–H groups in total. The normalized spacial score (nSPS) is 10.7. The number of nitrogens with zero attached hydrogens (tertiary/aromatic N) is 1. The molecule has 0 amide bonds. The lowest BCUT2D eigenvalue weighted by Gasteiger charge is -2.06. The topological polar surface area (TPSA) is 30.0 Å². The predicted octanol–water partition coefficient (Wildman–Crippen LogP) is 4.19. The molecule has 0 radical (unpaired) electrons. The van der Waals surface area contributed by atoms with Gasteiger partial charge in [-0.1, -0.05) is 18.2 Å². The third-order valence-corrected chi connectivity index (χ3v) is 4.02. The largest absolute Gasteiger partial charge is 0.289 e. The van der Waals surface area contributed by atoms with Crippen molar-refractivity contribution in [3.8, 4) is 0 Å². The van der Waals surface area contributed by atoms with Crippen LogP contribution < -0.4 is 0 Å². The van der Waals surface area contributed by atoms with Crippen molar-refractivity contribution in [1.29, 1.82) is 0 Å². The van der Waals surface area contributed by atoms with E-state index in [1.165, 1.54) is 0 Å². The molecule has 0 unspecified atom stereocenters. The van der Waals surface area contributed by atoms with Crippen LogP contribution in [0.1, 0.15) is 15.9 Å². The van der Waals surface area contributed by atoms with E-state index in [2.05, 4.69) is 4.98 Å². The average molecular weight is 279 g/mol. The van der Waals surface area contributed by atoms with Crippen molar-refractivity contribution in [1.82, 2.24) is 4.98 Å². The van der Waals surface area contributed by atoms with Gasteiger partial charge < -0.3 is 0 Å². The molecule has 3 aromatic rings. The number of ketones is 1. The van der Waals surface area contributed by atoms with Gasteiger partial charge in [0.1, 0.15) is 0 Å². The van der Waals surface area contributed by atoms with Gasteiger partial charge >= 0.3 is 0 Å². The number of rotatable bonds is 3. The van der Waals surface area contributed by atoms with Crippen LogP contribution in [0.2, 0.25) is 0 Å². The number of pyridine rings is 1.